The fourth-order valence-electron chi connectivity index (χ4n) is 0.986. The lowest BCUT2D eigenvalue weighted by Gasteiger charge is -2.09. The number of nitrogen functional groups attached to an aromatic ring is 1. The number of methoxy groups -OCH3 is 1. The lowest BCUT2D eigenvalue weighted by Crippen LogP contribution is -2.08. The molecule has 0 aliphatic rings. The molecule has 0 radical (unpaired) electrons. The van der Waals surface area contributed by atoms with E-state index in [2.05, 4.69) is 15.3 Å². The molecule has 3 N–H and O–H groups in total. The molecule has 1 aromatic heterocycles. The van der Waals surface area contributed by atoms with Crippen LogP contribution in [0.5, 0.6) is 5.75 Å². The van der Waals surface area contributed by atoms with Crippen LogP contribution in [0.4, 0.5) is 11.6 Å². The average molecular weight is 214 g/mol. The van der Waals surface area contributed by atoms with Crippen LogP contribution >= 0.6 is 11.8 Å². The summed E-state index contributed by atoms with van der Waals surface area (Å²) in [5, 5.41) is 3.13. The van der Waals surface area contributed by atoms with Crippen molar-refractivity contribution in [3.8, 4) is 5.75 Å². The summed E-state index contributed by atoms with van der Waals surface area (Å²) >= 11 is 1.76. The van der Waals surface area contributed by atoms with Gasteiger partial charge in [0, 0.05) is 12.3 Å². The maximum atomic E-state index is 5.61. The highest BCUT2D eigenvalue weighted by Crippen LogP contribution is 2.25. The average Bonchev–Trinajstić information content (AvgIpc) is 2.18. The van der Waals surface area contributed by atoms with E-state index < -0.39 is 0 Å². The van der Waals surface area contributed by atoms with E-state index in [-0.39, 0.29) is 0 Å². The molecule has 0 atom stereocenters. The standard InChI is InChI=1S/C8H14N4OS/c1-13-6-7(9)11-5-12-8(6)10-3-4-14-2/h5H,3-4H2,1-2H3,(H3,9,10,11,12). The first-order valence-corrected chi connectivity index (χ1v) is 5.56. The number of ether oxygens (including phenoxy) is 1. The first-order chi connectivity index (χ1) is 6.79. The van der Waals surface area contributed by atoms with E-state index in [1.54, 1.807) is 18.9 Å². The Balaban J connectivity index is 2.70. The van der Waals surface area contributed by atoms with Crippen molar-refractivity contribution in [3.63, 3.8) is 0 Å². The van der Waals surface area contributed by atoms with Crippen LogP contribution in [-0.2, 0) is 0 Å². The van der Waals surface area contributed by atoms with Crippen molar-refractivity contribution in [2.75, 3.05) is 36.7 Å². The predicted molar refractivity (Wildman–Crippen MR) is 59.9 cm³/mol. The Morgan fingerprint density at radius 1 is 1.57 bits per heavy atom. The van der Waals surface area contributed by atoms with Crippen molar-refractivity contribution >= 4 is 23.4 Å². The number of hydrogen-bond donors (Lipinski definition) is 2. The summed E-state index contributed by atoms with van der Waals surface area (Å²) in [6, 6.07) is 0. The lowest BCUT2D eigenvalue weighted by atomic mass is 10.4. The van der Waals surface area contributed by atoms with Crippen molar-refractivity contribution in [2.45, 2.75) is 0 Å². The molecule has 0 spiro atoms. The van der Waals surface area contributed by atoms with E-state index in [1.165, 1.54) is 6.33 Å². The molecule has 78 valence electrons. The lowest BCUT2D eigenvalue weighted by molar-refractivity contribution is 0.415. The Morgan fingerprint density at radius 2 is 2.36 bits per heavy atom. The maximum absolute atomic E-state index is 5.61. The van der Waals surface area contributed by atoms with E-state index in [0.717, 1.165) is 12.3 Å². The second-order valence-corrected chi connectivity index (χ2v) is 3.55. The second kappa shape index (κ2) is 5.54. The van der Waals surface area contributed by atoms with Crippen LogP contribution in [0.25, 0.3) is 0 Å². The molecular weight excluding hydrogens is 200 g/mol. The highest BCUT2D eigenvalue weighted by molar-refractivity contribution is 7.98. The molecule has 5 nitrogen and oxygen atoms in total. The number of aromatic nitrogens is 2. The number of hydrogen-bond acceptors (Lipinski definition) is 6. The number of thioether (sulfide) groups is 1. The summed E-state index contributed by atoms with van der Waals surface area (Å²) in [5.74, 6) is 2.52. The zero-order chi connectivity index (χ0) is 10.4. The van der Waals surface area contributed by atoms with Crippen LogP contribution < -0.4 is 15.8 Å². The molecule has 0 unspecified atom stereocenters. The van der Waals surface area contributed by atoms with Crippen molar-refractivity contribution in [1.29, 1.82) is 0 Å². The Bertz CT molecular complexity index is 295. The largest absolute Gasteiger partial charge is 0.490 e. The molecule has 14 heavy (non-hydrogen) atoms. The van der Waals surface area contributed by atoms with Gasteiger partial charge in [0.25, 0.3) is 0 Å². The van der Waals surface area contributed by atoms with Crippen LogP contribution in [0, 0.1) is 0 Å². The molecule has 6 heteroatoms. The predicted octanol–water partition coefficient (Wildman–Crippen LogP) is 0.842. The molecule has 0 aromatic carbocycles. The van der Waals surface area contributed by atoms with Gasteiger partial charge in [-0.25, -0.2) is 9.97 Å². The number of nitrogens with zero attached hydrogens (tertiary/aromatic N) is 2. The zero-order valence-electron chi connectivity index (χ0n) is 8.28. The third kappa shape index (κ3) is 2.66. The topological polar surface area (TPSA) is 73.1 Å². The van der Waals surface area contributed by atoms with E-state index in [1.807, 2.05) is 6.26 Å². The first kappa shape index (κ1) is 10.9. The van der Waals surface area contributed by atoms with Crippen molar-refractivity contribution in [3.05, 3.63) is 6.33 Å². The number of nitrogens with one attached hydrogen (secondary N) is 1. The zero-order valence-corrected chi connectivity index (χ0v) is 9.10. The minimum Gasteiger partial charge on any atom is -0.490 e. The fraction of sp³-hybridized carbons (Fsp3) is 0.500. The van der Waals surface area contributed by atoms with Crippen molar-refractivity contribution < 1.29 is 4.74 Å². The third-order valence-corrected chi connectivity index (χ3v) is 2.25. The fourth-order valence-corrected chi connectivity index (χ4v) is 1.29. The molecule has 0 bridgehead atoms. The van der Waals surface area contributed by atoms with Crippen LogP contribution in [0.1, 0.15) is 0 Å². The normalized spacial score (nSPS) is 9.86. The summed E-state index contributed by atoms with van der Waals surface area (Å²) in [6.45, 7) is 0.827. The van der Waals surface area contributed by atoms with Gasteiger partial charge in [0.05, 0.1) is 7.11 Å². The number of anilines is 2. The molecule has 0 amide bonds. The summed E-state index contributed by atoms with van der Waals surface area (Å²) in [7, 11) is 1.55. The Kier molecular flexibility index (Phi) is 4.31. The summed E-state index contributed by atoms with van der Waals surface area (Å²) in [5.41, 5.74) is 5.61. The van der Waals surface area contributed by atoms with Crippen LogP contribution in [0.2, 0.25) is 0 Å². The third-order valence-electron chi connectivity index (χ3n) is 1.63. The monoisotopic (exact) mass is 214 g/mol. The molecule has 0 aliphatic heterocycles. The summed E-state index contributed by atoms with van der Waals surface area (Å²) in [6.07, 6.45) is 3.46. The van der Waals surface area contributed by atoms with Gasteiger partial charge in [0.1, 0.15) is 6.33 Å². The minimum absolute atomic E-state index is 0.356. The van der Waals surface area contributed by atoms with E-state index in [0.29, 0.717) is 17.4 Å². The first-order valence-electron chi connectivity index (χ1n) is 4.17. The Labute approximate surface area is 87.5 Å². The van der Waals surface area contributed by atoms with Crippen LogP contribution in [0.15, 0.2) is 6.33 Å². The quantitative estimate of drug-likeness (QED) is 0.708. The van der Waals surface area contributed by atoms with Gasteiger partial charge in [-0.2, -0.15) is 11.8 Å². The van der Waals surface area contributed by atoms with E-state index >= 15 is 0 Å². The van der Waals surface area contributed by atoms with Crippen molar-refractivity contribution in [1.82, 2.24) is 9.97 Å². The number of rotatable bonds is 5. The smallest absolute Gasteiger partial charge is 0.203 e. The van der Waals surface area contributed by atoms with Gasteiger partial charge in [0.2, 0.25) is 5.75 Å². The molecule has 1 rings (SSSR count). The van der Waals surface area contributed by atoms with E-state index in [9.17, 15) is 0 Å². The van der Waals surface area contributed by atoms with Gasteiger partial charge in [-0.05, 0) is 6.26 Å². The van der Waals surface area contributed by atoms with Gasteiger partial charge in [-0.1, -0.05) is 0 Å². The Hall–Kier alpha value is -1.17. The van der Waals surface area contributed by atoms with Crippen LogP contribution in [-0.4, -0.2) is 35.6 Å². The highest BCUT2D eigenvalue weighted by Gasteiger charge is 2.07. The van der Waals surface area contributed by atoms with Gasteiger partial charge in [-0.3, -0.25) is 0 Å². The molecule has 1 aromatic rings. The Morgan fingerprint density at radius 3 is 3.00 bits per heavy atom. The van der Waals surface area contributed by atoms with Gasteiger partial charge < -0.3 is 15.8 Å². The second-order valence-electron chi connectivity index (χ2n) is 2.56. The molecule has 0 fully saturated rings. The summed E-state index contributed by atoms with van der Waals surface area (Å²) in [4.78, 5) is 7.88. The highest BCUT2D eigenvalue weighted by atomic mass is 32.2. The van der Waals surface area contributed by atoms with Crippen LogP contribution in [0.3, 0.4) is 0 Å². The van der Waals surface area contributed by atoms with Gasteiger partial charge in [-0.15, -0.1) is 0 Å². The molecule has 0 saturated carbocycles. The SMILES string of the molecule is COc1c(N)ncnc1NCCSC. The molecular formula is C8H14N4OS. The molecule has 0 aliphatic carbocycles. The molecule has 1 heterocycles. The van der Waals surface area contributed by atoms with Gasteiger partial charge >= 0.3 is 0 Å². The molecule has 0 saturated heterocycles. The van der Waals surface area contributed by atoms with Crippen molar-refractivity contribution in [2.24, 2.45) is 0 Å². The summed E-state index contributed by atoms with van der Waals surface area (Å²) < 4.78 is 5.09. The maximum Gasteiger partial charge on any atom is 0.203 e. The van der Waals surface area contributed by atoms with E-state index in [4.69, 9.17) is 10.5 Å². The number of nitrogens with two attached hydrogens (primary N) is 1. The van der Waals surface area contributed by atoms with Gasteiger partial charge in [0.15, 0.2) is 11.6 Å². The minimum atomic E-state index is 0.356.